The largest absolute Gasteiger partial charge is 0.493 e. The Labute approximate surface area is 254 Å². The molecule has 1 aliphatic heterocycles. The van der Waals surface area contributed by atoms with Crippen LogP contribution in [0.2, 0.25) is 5.02 Å². The second-order valence-corrected chi connectivity index (χ2v) is 10.2. The number of anilines is 1. The first-order valence-electron chi connectivity index (χ1n) is 12.7. The van der Waals surface area contributed by atoms with Crippen LogP contribution >= 0.6 is 23.4 Å². The number of hydrogen-bond donors (Lipinski definition) is 1. The molecule has 0 spiro atoms. The van der Waals surface area contributed by atoms with Gasteiger partial charge in [-0.1, -0.05) is 41.9 Å². The average Bonchev–Trinajstić information content (AvgIpc) is 3.24. The number of nitro groups is 1. The zero-order chi connectivity index (χ0) is 31.1. The number of nitro benzene ring substituents is 1. The molecule has 0 aromatic heterocycles. The number of nitrogens with zero attached hydrogens (tertiary/aromatic N) is 2. The van der Waals surface area contributed by atoms with Gasteiger partial charge in [0.1, 0.15) is 13.2 Å². The van der Waals surface area contributed by atoms with Gasteiger partial charge in [0.05, 0.1) is 45.8 Å². The summed E-state index contributed by atoms with van der Waals surface area (Å²) in [5, 5.41) is 13.8. The Morgan fingerprint density at radius 2 is 1.84 bits per heavy atom. The van der Waals surface area contributed by atoms with Crippen LogP contribution in [0.5, 0.6) is 11.5 Å². The minimum Gasteiger partial charge on any atom is -0.493 e. The van der Waals surface area contributed by atoms with Crippen LogP contribution in [0.25, 0.3) is 6.08 Å². The third kappa shape index (κ3) is 7.50. The normalized spacial score (nSPS) is 13.7. The lowest BCUT2D eigenvalue weighted by Gasteiger charge is -2.13. The molecule has 3 aromatic rings. The first-order chi connectivity index (χ1) is 20.6. The highest BCUT2D eigenvalue weighted by Crippen LogP contribution is 2.39. The zero-order valence-electron chi connectivity index (χ0n) is 22.8. The van der Waals surface area contributed by atoms with Gasteiger partial charge in [-0.25, -0.2) is 4.79 Å². The quantitative estimate of drug-likeness (QED) is 0.122. The number of amides is 3. The molecule has 0 atom stereocenters. The molecule has 0 bridgehead atoms. The molecule has 0 aliphatic carbocycles. The molecule has 1 N–H and O–H groups in total. The van der Waals surface area contributed by atoms with Gasteiger partial charge >= 0.3 is 5.97 Å². The molecular formula is C29H24ClN3O9S. The van der Waals surface area contributed by atoms with Crippen LogP contribution in [0.3, 0.4) is 0 Å². The van der Waals surface area contributed by atoms with Gasteiger partial charge < -0.3 is 19.5 Å². The van der Waals surface area contributed by atoms with Crippen LogP contribution in [0.4, 0.5) is 16.2 Å². The fourth-order valence-electron chi connectivity index (χ4n) is 3.94. The van der Waals surface area contributed by atoms with Crippen molar-refractivity contribution in [3.63, 3.8) is 0 Å². The van der Waals surface area contributed by atoms with Gasteiger partial charge in [-0.05, 0) is 54.6 Å². The molecule has 222 valence electrons. The second-order valence-electron chi connectivity index (χ2n) is 8.82. The van der Waals surface area contributed by atoms with Gasteiger partial charge in [0.25, 0.3) is 16.8 Å². The number of methoxy groups -OCH3 is 1. The van der Waals surface area contributed by atoms with Crippen molar-refractivity contribution in [2.75, 3.05) is 25.6 Å². The Kier molecular flexibility index (Phi) is 10.0. The smallest absolute Gasteiger partial charge is 0.339 e. The molecular weight excluding hydrogens is 602 g/mol. The fourth-order valence-corrected chi connectivity index (χ4v) is 4.96. The molecule has 3 amide bonds. The summed E-state index contributed by atoms with van der Waals surface area (Å²) in [5.74, 6) is -1.93. The predicted molar refractivity (Wildman–Crippen MR) is 159 cm³/mol. The number of carbonyl (C=O) groups is 4. The minimum atomic E-state index is -0.814. The summed E-state index contributed by atoms with van der Waals surface area (Å²) < 4.78 is 16.1. The molecule has 14 heteroatoms. The highest BCUT2D eigenvalue weighted by molar-refractivity contribution is 8.18. The number of rotatable bonds is 11. The predicted octanol–water partition coefficient (Wildman–Crippen LogP) is 5.69. The number of nitrogens with one attached hydrogen (secondary N) is 1. The van der Waals surface area contributed by atoms with E-state index in [1.807, 2.05) is 30.3 Å². The summed E-state index contributed by atoms with van der Waals surface area (Å²) in [7, 11) is 1.36. The van der Waals surface area contributed by atoms with Crippen molar-refractivity contribution in [2.45, 2.75) is 13.5 Å². The van der Waals surface area contributed by atoms with E-state index in [1.165, 1.54) is 43.5 Å². The Balaban J connectivity index is 1.51. The fraction of sp³-hybridized carbons (Fsp3) is 0.172. The average molecular weight is 626 g/mol. The SMILES string of the molecule is CCOC(=O)c1cc(NC(=O)CN2C(=O)S/C(=C/c3cc(OC)c(OCc4ccccc4)cc3[N+](=O)[O-])C2=O)ccc1Cl. The van der Waals surface area contributed by atoms with E-state index in [0.29, 0.717) is 16.7 Å². The molecule has 1 fully saturated rings. The molecule has 12 nitrogen and oxygen atoms in total. The number of benzene rings is 3. The van der Waals surface area contributed by atoms with Crippen molar-refractivity contribution < 1.29 is 38.3 Å². The third-order valence-corrected chi connectivity index (χ3v) is 7.19. The van der Waals surface area contributed by atoms with Crippen LogP contribution < -0.4 is 14.8 Å². The summed E-state index contributed by atoms with van der Waals surface area (Å²) in [6, 6.07) is 15.8. The maximum atomic E-state index is 13.1. The lowest BCUT2D eigenvalue weighted by atomic mass is 10.1. The van der Waals surface area contributed by atoms with Crippen molar-refractivity contribution in [1.82, 2.24) is 4.90 Å². The van der Waals surface area contributed by atoms with Gasteiger partial charge in [-0.3, -0.25) is 29.4 Å². The number of halogens is 1. The second kappa shape index (κ2) is 13.9. The molecule has 1 heterocycles. The summed E-state index contributed by atoms with van der Waals surface area (Å²) in [5.41, 5.74) is 0.677. The van der Waals surface area contributed by atoms with Gasteiger partial charge in [0.2, 0.25) is 5.91 Å². The van der Waals surface area contributed by atoms with Crippen LogP contribution in [0, 0.1) is 10.1 Å². The number of esters is 1. The number of carbonyl (C=O) groups excluding carboxylic acids is 4. The molecule has 0 unspecified atom stereocenters. The van der Waals surface area contributed by atoms with Gasteiger partial charge in [0.15, 0.2) is 11.5 Å². The van der Waals surface area contributed by atoms with E-state index in [1.54, 1.807) is 6.92 Å². The van der Waals surface area contributed by atoms with E-state index >= 15 is 0 Å². The summed E-state index contributed by atoms with van der Waals surface area (Å²) in [6.07, 6.45) is 1.19. The molecule has 1 aliphatic rings. The van der Waals surface area contributed by atoms with Crippen LogP contribution in [-0.2, 0) is 20.9 Å². The Morgan fingerprint density at radius 3 is 2.51 bits per heavy atom. The van der Waals surface area contributed by atoms with E-state index in [2.05, 4.69) is 5.32 Å². The molecule has 0 saturated carbocycles. The molecule has 4 rings (SSSR count). The zero-order valence-corrected chi connectivity index (χ0v) is 24.4. The van der Waals surface area contributed by atoms with Crippen molar-refractivity contribution in [3.05, 3.63) is 97.4 Å². The Bertz CT molecular complexity index is 1630. The number of imide groups is 1. The van der Waals surface area contributed by atoms with Crippen LogP contribution in [-0.4, -0.2) is 53.1 Å². The van der Waals surface area contributed by atoms with E-state index < -0.39 is 34.5 Å². The lowest BCUT2D eigenvalue weighted by molar-refractivity contribution is -0.385. The molecule has 0 radical (unpaired) electrons. The summed E-state index contributed by atoms with van der Waals surface area (Å²) in [4.78, 5) is 62.3. The summed E-state index contributed by atoms with van der Waals surface area (Å²) >= 11 is 6.57. The van der Waals surface area contributed by atoms with Crippen LogP contribution in [0.15, 0.2) is 65.6 Å². The first kappa shape index (κ1) is 31.1. The van der Waals surface area contributed by atoms with Gasteiger partial charge in [0, 0.05) is 5.69 Å². The Morgan fingerprint density at radius 1 is 1.09 bits per heavy atom. The highest BCUT2D eigenvalue weighted by atomic mass is 35.5. The first-order valence-corrected chi connectivity index (χ1v) is 13.9. The monoisotopic (exact) mass is 625 g/mol. The van der Waals surface area contributed by atoms with Crippen molar-refractivity contribution in [3.8, 4) is 11.5 Å². The third-order valence-electron chi connectivity index (χ3n) is 5.95. The van der Waals surface area contributed by atoms with E-state index in [9.17, 15) is 29.3 Å². The Hall–Kier alpha value is -4.88. The number of hydrogen-bond acceptors (Lipinski definition) is 10. The lowest BCUT2D eigenvalue weighted by Crippen LogP contribution is -2.36. The van der Waals surface area contributed by atoms with Crippen molar-refractivity contribution >= 4 is 63.8 Å². The van der Waals surface area contributed by atoms with Gasteiger partial charge in [-0.15, -0.1) is 0 Å². The van der Waals surface area contributed by atoms with Crippen LogP contribution in [0.1, 0.15) is 28.4 Å². The summed E-state index contributed by atoms with van der Waals surface area (Å²) in [6.45, 7) is 1.25. The standard InChI is InChI=1S/C29H24ClN3O9S/c1-3-41-28(36)20-13-19(9-10-21(20)30)31-26(34)15-32-27(35)25(43-29(32)37)12-18-11-23(40-2)24(14-22(18)33(38)39)42-16-17-7-5-4-6-8-17/h4-14H,3,15-16H2,1-2H3,(H,31,34)/b25-12+. The molecule has 1 saturated heterocycles. The number of thioether (sulfide) groups is 1. The molecule has 3 aromatic carbocycles. The van der Waals surface area contributed by atoms with E-state index in [-0.39, 0.29) is 57.1 Å². The van der Waals surface area contributed by atoms with Crippen molar-refractivity contribution in [2.24, 2.45) is 0 Å². The van der Waals surface area contributed by atoms with E-state index in [4.69, 9.17) is 25.8 Å². The highest BCUT2D eigenvalue weighted by Gasteiger charge is 2.37. The van der Waals surface area contributed by atoms with Crippen molar-refractivity contribution in [1.29, 1.82) is 0 Å². The van der Waals surface area contributed by atoms with E-state index in [0.717, 1.165) is 5.56 Å². The minimum absolute atomic E-state index is 0.00322. The van der Waals surface area contributed by atoms with Gasteiger partial charge in [-0.2, -0.15) is 0 Å². The molecule has 43 heavy (non-hydrogen) atoms. The number of ether oxygens (including phenoxy) is 3. The topological polar surface area (TPSA) is 154 Å². The maximum Gasteiger partial charge on any atom is 0.339 e. The maximum absolute atomic E-state index is 13.1.